The summed E-state index contributed by atoms with van der Waals surface area (Å²) in [6.07, 6.45) is 1.30. The van der Waals surface area contributed by atoms with Crippen molar-refractivity contribution in [1.29, 1.82) is 0 Å². The first-order valence-corrected chi connectivity index (χ1v) is 8.00. The molecule has 21 heavy (non-hydrogen) atoms. The molecule has 1 fully saturated rings. The molecule has 0 spiro atoms. The molecule has 1 aliphatic rings. The van der Waals surface area contributed by atoms with Crippen molar-refractivity contribution in [2.45, 2.75) is 30.7 Å². The number of aromatic nitrogens is 2. The normalized spacial score (nSPS) is 20.0. The number of hydrogen-bond donors (Lipinski definition) is 0. The average molecular weight is 311 g/mol. The van der Waals surface area contributed by atoms with Gasteiger partial charge in [-0.05, 0) is 38.0 Å². The Hall–Kier alpha value is -1.80. The zero-order chi connectivity index (χ0) is 15.0. The molecule has 0 N–H and O–H groups in total. The van der Waals surface area contributed by atoms with E-state index in [9.17, 15) is 12.8 Å². The van der Waals surface area contributed by atoms with Crippen molar-refractivity contribution in [2.24, 2.45) is 0 Å². The Balaban J connectivity index is 1.98. The lowest BCUT2D eigenvalue weighted by Crippen LogP contribution is -2.31. The Labute approximate surface area is 121 Å². The molecule has 1 saturated heterocycles. The van der Waals surface area contributed by atoms with Crippen LogP contribution in [0.25, 0.3) is 0 Å². The van der Waals surface area contributed by atoms with E-state index in [0.29, 0.717) is 25.2 Å². The highest BCUT2D eigenvalue weighted by Crippen LogP contribution is 2.35. The van der Waals surface area contributed by atoms with Gasteiger partial charge < -0.3 is 4.52 Å². The number of nitrogens with zero attached hydrogens (tertiary/aromatic N) is 3. The van der Waals surface area contributed by atoms with Gasteiger partial charge in [-0.15, -0.1) is 0 Å². The molecule has 1 aromatic carbocycles. The first kappa shape index (κ1) is 14.2. The molecule has 0 radical (unpaired) electrons. The summed E-state index contributed by atoms with van der Waals surface area (Å²) in [5.41, 5.74) is 0. The number of benzene rings is 1. The van der Waals surface area contributed by atoms with E-state index in [1.165, 1.54) is 22.5 Å². The molecule has 8 heteroatoms. The molecule has 0 bridgehead atoms. The minimum Gasteiger partial charge on any atom is -0.338 e. The third kappa shape index (κ3) is 2.56. The van der Waals surface area contributed by atoms with E-state index < -0.39 is 21.9 Å². The zero-order valence-corrected chi connectivity index (χ0v) is 12.2. The molecule has 3 rings (SSSR count). The van der Waals surface area contributed by atoms with Crippen molar-refractivity contribution in [3.8, 4) is 0 Å². The number of sulfonamides is 1. The van der Waals surface area contributed by atoms with Gasteiger partial charge >= 0.3 is 0 Å². The van der Waals surface area contributed by atoms with E-state index in [4.69, 9.17) is 4.52 Å². The van der Waals surface area contributed by atoms with Crippen LogP contribution in [0, 0.1) is 12.7 Å². The molecular formula is C13H14FN3O3S. The second-order valence-corrected chi connectivity index (χ2v) is 6.80. The Morgan fingerprint density at radius 3 is 2.90 bits per heavy atom. The van der Waals surface area contributed by atoms with Crippen LogP contribution in [0.2, 0.25) is 0 Å². The van der Waals surface area contributed by atoms with Crippen molar-refractivity contribution >= 4 is 10.0 Å². The lowest BCUT2D eigenvalue weighted by Gasteiger charge is -2.21. The molecule has 6 nitrogen and oxygen atoms in total. The summed E-state index contributed by atoms with van der Waals surface area (Å²) in [6, 6.07) is 4.50. The minimum absolute atomic E-state index is 0.0642. The van der Waals surface area contributed by atoms with Gasteiger partial charge in [0.05, 0.1) is 4.90 Å². The summed E-state index contributed by atoms with van der Waals surface area (Å²) < 4.78 is 45.0. The van der Waals surface area contributed by atoms with Crippen LogP contribution in [0.15, 0.2) is 33.7 Å². The second kappa shape index (κ2) is 5.19. The summed E-state index contributed by atoms with van der Waals surface area (Å²) >= 11 is 0. The Morgan fingerprint density at radius 2 is 2.24 bits per heavy atom. The molecule has 1 atom stereocenters. The smallest absolute Gasteiger partial charge is 0.245 e. The molecule has 0 saturated carbocycles. The van der Waals surface area contributed by atoms with Crippen LogP contribution in [-0.4, -0.2) is 29.4 Å². The maximum Gasteiger partial charge on any atom is 0.245 e. The van der Waals surface area contributed by atoms with Gasteiger partial charge in [0.1, 0.15) is 11.9 Å². The highest BCUT2D eigenvalue weighted by molar-refractivity contribution is 7.89. The first-order valence-electron chi connectivity index (χ1n) is 6.56. The average Bonchev–Trinajstić information content (AvgIpc) is 3.07. The molecule has 1 aromatic heterocycles. The van der Waals surface area contributed by atoms with Gasteiger partial charge in [-0.3, -0.25) is 0 Å². The zero-order valence-electron chi connectivity index (χ0n) is 11.4. The molecule has 112 valence electrons. The van der Waals surface area contributed by atoms with Gasteiger partial charge in [-0.2, -0.15) is 9.29 Å². The molecule has 1 unspecified atom stereocenters. The number of aryl methyl sites for hydroxylation is 1. The quantitative estimate of drug-likeness (QED) is 0.867. The summed E-state index contributed by atoms with van der Waals surface area (Å²) in [5.74, 6) is 0.158. The fourth-order valence-electron chi connectivity index (χ4n) is 2.49. The molecule has 1 aliphatic heterocycles. The maximum atomic E-state index is 13.3. The van der Waals surface area contributed by atoms with Crippen LogP contribution >= 0.6 is 0 Å². The van der Waals surface area contributed by atoms with E-state index in [-0.39, 0.29) is 10.8 Å². The van der Waals surface area contributed by atoms with Crippen molar-refractivity contribution in [3.05, 3.63) is 41.8 Å². The van der Waals surface area contributed by atoms with Gasteiger partial charge in [0, 0.05) is 6.54 Å². The van der Waals surface area contributed by atoms with E-state index in [2.05, 4.69) is 10.1 Å². The SMILES string of the molecule is Cc1noc(C2CCCN2S(=O)(=O)c2cccc(F)c2)n1. The lowest BCUT2D eigenvalue weighted by molar-refractivity contribution is 0.289. The van der Waals surface area contributed by atoms with Gasteiger partial charge in [-0.25, -0.2) is 12.8 Å². The lowest BCUT2D eigenvalue weighted by atomic mass is 10.2. The van der Waals surface area contributed by atoms with E-state index >= 15 is 0 Å². The highest BCUT2D eigenvalue weighted by atomic mass is 32.2. The third-order valence-electron chi connectivity index (χ3n) is 3.43. The fourth-order valence-corrected chi connectivity index (χ4v) is 4.17. The van der Waals surface area contributed by atoms with Gasteiger partial charge in [-0.1, -0.05) is 11.2 Å². The maximum absolute atomic E-state index is 13.3. The monoisotopic (exact) mass is 311 g/mol. The predicted octanol–water partition coefficient (Wildman–Crippen LogP) is 2.04. The fraction of sp³-hybridized carbons (Fsp3) is 0.385. The van der Waals surface area contributed by atoms with E-state index in [1.54, 1.807) is 6.92 Å². The van der Waals surface area contributed by atoms with Crippen molar-refractivity contribution in [3.63, 3.8) is 0 Å². The van der Waals surface area contributed by atoms with Crippen LogP contribution in [0.3, 0.4) is 0 Å². The highest BCUT2D eigenvalue weighted by Gasteiger charge is 2.39. The van der Waals surface area contributed by atoms with E-state index in [1.807, 2.05) is 0 Å². The van der Waals surface area contributed by atoms with Crippen LogP contribution < -0.4 is 0 Å². The Morgan fingerprint density at radius 1 is 1.43 bits per heavy atom. The Bertz CT molecular complexity index is 760. The van der Waals surface area contributed by atoms with Crippen LogP contribution in [0.5, 0.6) is 0 Å². The van der Waals surface area contributed by atoms with Crippen molar-refractivity contribution in [1.82, 2.24) is 14.4 Å². The van der Waals surface area contributed by atoms with Gasteiger partial charge in [0.25, 0.3) is 0 Å². The largest absolute Gasteiger partial charge is 0.338 e. The number of hydrogen-bond acceptors (Lipinski definition) is 5. The van der Waals surface area contributed by atoms with Crippen LogP contribution in [0.1, 0.15) is 30.6 Å². The first-order chi connectivity index (χ1) is 9.98. The van der Waals surface area contributed by atoms with E-state index in [0.717, 1.165) is 6.07 Å². The van der Waals surface area contributed by atoms with Crippen LogP contribution in [-0.2, 0) is 10.0 Å². The predicted molar refractivity (Wildman–Crippen MR) is 71.3 cm³/mol. The molecular weight excluding hydrogens is 297 g/mol. The molecule has 2 heterocycles. The Kier molecular flexibility index (Phi) is 3.50. The minimum atomic E-state index is -3.78. The second-order valence-electron chi connectivity index (χ2n) is 4.91. The standard InChI is InChI=1S/C13H14FN3O3S/c1-9-15-13(20-16-9)12-6-3-7-17(12)21(18,19)11-5-2-4-10(14)8-11/h2,4-5,8,12H,3,6-7H2,1H3. The van der Waals surface area contributed by atoms with Gasteiger partial charge in [0.15, 0.2) is 5.82 Å². The molecule has 2 aromatic rings. The summed E-state index contributed by atoms with van der Waals surface area (Å²) in [5, 5.41) is 3.70. The van der Waals surface area contributed by atoms with Gasteiger partial charge in [0.2, 0.25) is 15.9 Å². The number of halogens is 1. The molecule has 0 amide bonds. The summed E-state index contributed by atoms with van der Waals surface area (Å²) in [4.78, 5) is 4.05. The third-order valence-corrected chi connectivity index (χ3v) is 5.34. The molecule has 0 aliphatic carbocycles. The van der Waals surface area contributed by atoms with Crippen LogP contribution in [0.4, 0.5) is 4.39 Å². The summed E-state index contributed by atoms with van der Waals surface area (Å²) in [6.45, 7) is 2.03. The topological polar surface area (TPSA) is 76.3 Å². The number of rotatable bonds is 3. The van der Waals surface area contributed by atoms with Crippen molar-refractivity contribution < 1.29 is 17.3 Å². The summed E-state index contributed by atoms with van der Waals surface area (Å²) in [7, 11) is -3.78. The van der Waals surface area contributed by atoms with Crippen molar-refractivity contribution in [2.75, 3.05) is 6.54 Å².